The van der Waals surface area contributed by atoms with E-state index < -0.39 is 83.3 Å². The summed E-state index contributed by atoms with van der Waals surface area (Å²) in [5.41, 5.74) is 10.7. The number of nitrogens with zero attached hydrogens (tertiary/aromatic N) is 4. The Kier molecular flexibility index (Phi) is 22.3. The Morgan fingerprint density at radius 2 is 1.44 bits per heavy atom. The second-order valence-corrected chi connectivity index (χ2v) is 18.5. The van der Waals surface area contributed by atoms with Gasteiger partial charge in [-0.2, -0.15) is 13.2 Å². The zero-order valence-corrected chi connectivity index (χ0v) is 39.8. The number of guanidine groups is 2. The molecule has 2 aliphatic heterocycles. The van der Waals surface area contributed by atoms with Crippen molar-refractivity contribution >= 4 is 53.4 Å². The highest BCUT2D eigenvalue weighted by molar-refractivity contribution is 5.97. The number of halogens is 3. The minimum absolute atomic E-state index is 0.00131. The van der Waals surface area contributed by atoms with Crippen molar-refractivity contribution in [1.29, 1.82) is 5.41 Å². The number of likely N-dealkylation sites (tertiary alicyclic amines) is 1. The standard InChI is InChI=1S/C42H69N11O8.C2HF3O2/c1-25(2)23-31(39(60)61)49-37(58)33(42(4,5)6)50-35(56)30(24-27-14-16-28(54)17-15-27)48-36(57)32-13-10-20-53(32)38(59)29(12-8-18-46-40(43)44)47-34(55)26(3)11-9-19-52-22-21-51(7)41(52)45;3-2(4,5)1(6)7/h14-17,25-26,29-33,45,54H,8-13,18-24H2,1-7H3,(H,47,55)(H,48,57)(H,49,58)(H,50,56)(H,60,61)(H4,43,44,46);(H,6,7)/t26-,29-,30-,31-,32-,33+;/m0./s1. The molecule has 3 rings (SSSR count). The molecular formula is C44H70F3N11O10. The number of carbonyl (C=O) groups is 7. The molecule has 2 heterocycles. The summed E-state index contributed by atoms with van der Waals surface area (Å²) >= 11 is 0. The second-order valence-electron chi connectivity index (χ2n) is 18.5. The van der Waals surface area contributed by atoms with Gasteiger partial charge in [0.05, 0.1) is 0 Å². The summed E-state index contributed by atoms with van der Waals surface area (Å²) in [6.07, 6.45) is -2.43. The fraction of sp³-hybridized carbons (Fsp3) is 0.659. The van der Waals surface area contributed by atoms with Crippen molar-refractivity contribution < 1.29 is 62.1 Å². The molecule has 0 aromatic heterocycles. The highest BCUT2D eigenvalue weighted by Crippen LogP contribution is 2.23. The normalized spacial score (nSPS) is 17.2. The second kappa shape index (κ2) is 26.3. The monoisotopic (exact) mass is 970 g/mol. The smallest absolute Gasteiger partial charge is 0.490 e. The van der Waals surface area contributed by atoms with Crippen LogP contribution in [0.3, 0.4) is 0 Å². The van der Waals surface area contributed by atoms with Crippen molar-refractivity contribution in [3.05, 3.63) is 29.8 Å². The number of phenolic OH excluding ortho intramolecular Hbond substituents is 1. The lowest BCUT2D eigenvalue weighted by atomic mass is 9.85. The van der Waals surface area contributed by atoms with Crippen LogP contribution in [0.5, 0.6) is 5.75 Å². The van der Waals surface area contributed by atoms with Gasteiger partial charge >= 0.3 is 18.1 Å². The van der Waals surface area contributed by atoms with Gasteiger partial charge in [-0.05, 0) is 74.0 Å². The number of aromatic hydroxyl groups is 1. The average molecular weight is 970 g/mol. The Morgan fingerprint density at radius 3 is 1.96 bits per heavy atom. The summed E-state index contributed by atoms with van der Waals surface area (Å²) in [4.78, 5) is 99.9. The minimum atomic E-state index is -5.08. The molecule has 2 saturated heterocycles. The zero-order chi connectivity index (χ0) is 51.7. The van der Waals surface area contributed by atoms with Crippen LogP contribution in [-0.4, -0.2) is 160 Å². The number of carboxylic acids is 2. The molecule has 68 heavy (non-hydrogen) atoms. The van der Waals surface area contributed by atoms with Crippen molar-refractivity contribution in [2.45, 2.75) is 129 Å². The lowest BCUT2D eigenvalue weighted by molar-refractivity contribution is -0.192. The molecule has 0 radical (unpaired) electrons. The molecule has 1 aromatic carbocycles. The third kappa shape index (κ3) is 19.1. The van der Waals surface area contributed by atoms with Crippen molar-refractivity contribution in [2.24, 2.45) is 33.7 Å². The van der Waals surface area contributed by atoms with E-state index in [1.54, 1.807) is 39.8 Å². The summed E-state index contributed by atoms with van der Waals surface area (Å²) in [6.45, 7) is 13.2. The molecule has 0 spiro atoms. The van der Waals surface area contributed by atoms with Gasteiger partial charge in [-0.1, -0.05) is 53.7 Å². The molecule has 5 amide bonds. The Hall–Kier alpha value is -6.36. The predicted octanol–water partition coefficient (Wildman–Crippen LogP) is 1.33. The van der Waals surface area contributed by atoms with Gasteiger partial charge in [0.1, 0.15) is 36.0 Å². The lowest BCUT2D eigenvalue weighted by Gasteiger charge is -2.33. The van der Waals surface area contributed by atoms with E-state index in [0.717, 1.165) is 13.1 Å². The number of likely N-dealkylation sites (N-methyl/N-ethyl adjacent to an activating group) is 1. The van der Waals surface area contributed by atoms with Gasteiger partial charge < -0.3 is 62.8 Å². The molecule has 21 nitrogen and oxygen atoms in total. The number of nitrogens with one attached hydrogen (secondary N) is 5. The highest BCUT2D eigenvalue weighted by Gasteiger charge is 2.41. The van der Waals surface area contributed by atoms with Gasteiger partial charge in [0, 0.05) is 52.1 Å². The fourth-order valence-electron chi connectivity index (χ4n) is 7.45. The van der Waals surface area contributed by atoms with E-state index >= 15 is 0 Å². The molecule has 24 heteroatoms. The summed E-state index contributed by atoms with van der Waals surface area (Å²) < 4.78 is 31.7. The van der Waals surface area contributed by atoms with E-state index in [1.165, 1.54) is 17.0 Å². The van der Waals surface area contributed by atoms with Crippen LogP contribution in [0.4, 0.5) is 13.2 Å². The van der Waals surface area contributed by atoms with E-state index in [4.69, 9.17) is 26.8 Å². The van der Waals surface area contributed by atoms with Gasteiger partial charge in [0.2, 0.25) is 29.5 Å². The first-order chi connectivity index (χ1) is 31.5. The first kappa shape index (κ1) is 57.8. The predicted molar refractivity (Wildman–Crippen MR) is 245 cm³/mol. The van der Waals surface area contributed by atoms with Crippen LogP contribution in [0.15, 0.2) is 29.3 Å². The Morgan fingerprint density at radius 1 is 0.838 bits per heavy atom. The Labute approximate surface area is 394 Å². The molecule has 6 atom stereocenters. The van der Waals surface area contributed by atoms with Gasteiger partial charge in [-0.25, -0.2) is 9.59 Å². The van der Waals surface area contributed by atoms with E-state index in [2.05, 4.69) is 26.3 Å². The molecule has 1 aromatic rings. The van der Waals surface area contributed by atoms with E-state index in [1.807, 2.05) is 30.7 Å². The molecule has 382 valence electrons. The highest BCUT2D eigenvalue weighted by atomic mass is 19.4. The number of carbonyl (C=O) groups excluding carboxylic acids is 5. The van der Waals surface area contributed by atoms with Crippen LogP contribution < -0.4 is 32.7 Å². The van der Waals surface area contributed by atoms with Crippen molar-refractivity contribution in [3.8, 4) is 5.75 Å². The average Bonchev–Trinajstić information content (AvgIpc) is 3.86. The number of hydrogen-bond acceptors (Lipinski definition) is 10. The lowest BCUT2D eigenvalue weighted by Crippen LogP contribution is -2.61. The third-order valence-corrected chi connectivity index (χ3v) is 11.3. The largest absolute Gasteiger partial charge is 0.508 e. The van der Waals surface area contributed by atoms with Gasteiger partial charge in [-0.15, -0.1) is 0 Å². The number of rotatable bonds is 22. The van der Waals surface area contributed by atoms with Crippen LogP contribution in [0.2, 0.25) is 0 Å². The molecular weight excluding hydrogens is 900 g/mol. The third-order valence-electron chi connectivity index (χ3n) is 11.3. The van der Waals surface area contributed by atoms with Crippen LogP contribution in [0.25, 0.3) is 0 Å². The van der Waals surface area contributed by atoms with Gasteiger partial charge in [0.25, 0.3) is 0 Å². The van der Waals surface area contributed by atoms with Gasteiger partial charge in [0.15, 0.2) is 11.9 Å². The van der Waals surface area contributed by atoms with E-state index in [9.17, 15) is 52.2 Å². The number of benzene rings is 1. The summed E-state index contributed by atoms with van der Waals surface area (Å²) in [6, 6.07) is 0.458. The zero-order valence-electron chi connectivity index (χ0n) is 39.8. The fourth-order valence-corrected chi connectivity index (χ4v) is 7.45. The maximum absolute atomic E-state index is 14.3. The minimum Gasteiger partial charge on any atom is -0.508 e. The maximum atomic E-state index is 14.3. The van der Waals surface area contributed by atoms with Crippen molar-refractivity contribution in [2.75, 3.05) is 39.8 Å². The molecule has 12 N–H and O–H groups in total. The van der Waals surface area contributed by atoms with Crippen LogP contribution in [-0.2, 0) is 40.0 Å². The van der Waals surface area contributed by atoms with Gasteiger partial charge in [-0.3, -0.25) is 34.4 Å². The SMILES string of the molecule is CC(C)C[C@H](NC(=O)[C@@H](NC(=O)[C@H](Cc1ccc(O)cc1)NC(=O)[C@@H]1CCCN1C(=O)[C@H](CCCN=C(N)N)NC(=O)[C@@H](C)CCCN1CCN(C)C1=N)C(C)(C)C)C(=O)O.O=C(O)C(F)(F)F. The topological polar surface area (TPSA) is 326 Å². The number of alkyl halides is 3. The van der Waals surface area contributed by atoms with Crippen molar-refractivity contribution in [1.82, 2.24) is 36.0 Å². The first-order valence-corrected chi connectivity index (χ1v) is 22.5. The van der Waals surface area contributed by atoms with E-state index in [-0.39, 0.29) is 62.3 Å². The van der Waals surface area contributed by atoms with Crippen LogP contribution in [0.1, 0.15) is 92.1 Å². The Balaban J connectivity index is 0.00000209. The maximum Gasteiger partial charge on any atom is 0.490 e. The molecule has 0 saturated carbocycles. The van der Waals surface area contributed by atoms with Crippen LogP contribution >= 0.6 is 0 Å². The molecule has 2 fully saturated rings. The number of aliphatic imine (C=N–C) groups is 1. The number of aliphatic carboxylic acids is 2. The Bertz CT molecular complexity index is 1940. The summed E-state index contributed by atoms with van der Waals surface area (Å²) in [5.74, 6) is -6.90. The quantitative estimate of drug-likeness (QED) is 0.0446. The number of hydrogen-bond donors (Lipinski definition) is 10. The van der Waals surface area contributed by atoms with Crippen molar-refractivity contribution in [3.63, 3.8) is 0 Å². The van der Waals surface area contributed by atoms with E-state index in [0.29, 0.717) is 43.8 Å². The van der Waals surface area contributed by atoms with Crippen LogP contribution in [0, 0.1) is 22.7 Å². The summed E-state index contributed by atoms with van der Waals surface area (Å²) in [5, 5.41) is 46.1. The molecule has 0 aliphatic carbocycles. The number of carboxylic acid groups (broad SMARTS) is 2. The summed E-state index contributed by atoms with van der Waals surface area (Å²) in [7, 11) is 1.87. The number of amides is 5. The number of phenols is 1. The molecule has 0 bridgehead atoms. The molecule has 0 unspecified atom stereocenters. The first-order valence-electron chi connectivity index (χ1n) is 22.5. The molecule has 2 aliphatic rings. The number of nitrogens with two attached hydrogens (primary N) is 2.